The van der Waals surface area contributed by atoms with Crippen molar-refractivity contribution in [1.29, 1.82) is 0 Å². The molecule has 3 rings (SSSR count). The van der Waals surface area contributed by atoms with E-state index in [1.165, 1.54) is 11.3 Å². The van der Waals surface area contributed by atoms with Gasteiger partial charge in [-0.1, -0.05) is 36.4 Å². The molecule has 0 aliphatic carbocycles. The average molecular weight is 309 g/mol. The van der Waals surface area contributed by atoms with Crippen LogP contribution in [0.15, 0.2) is 60.1 Å². The van der Waals surface area contributed by atoms with E-state index in [1.54, 1.807) is 11.6 Å². The van der Waals surface area contributed by atoms with E-state index in [2.05, 4.69) is 15.3 Å². The zero-order valence-corrected chi connectivity index (χ0v) is 12.9. The number of hydrogen-bond donors (Lipinski definition) is 1. The van der Waals surface area contributed by atoms with Crippen molar-refractivity contribution in [3.05, 3.63) is 82.1 Å². The number of thiazole rings is 1. The van der Waals surface area contributed by atoms with E-state index in [0.717, 1.165) is 16.3 Å². The van der Waals surface area contributed by atoms with E-state index >= 15 is 0 Å². The Balaban J connectivity index is 1.91. The molecule has 1 unspecified atom stereocenters. The summed E-state index contributed by atoms with van der Waals surface area (Å²) in [6.07, 6.45) is 1.73. The fraction of sp³-hybridized carbons (Fsp3) is 0.118. The second-order valence-corrected chi connectivity index (χ2v) is 5.89. The first-order valence-corrected chi connectivity index (χ1v) is 7.81. The number of benzene rings is 1. The van der Waals surface area contributed by atoms with Gasteiger partial charge in [-0.2, -0.15) is 0 Å². The highest BCUT2D eigenvalue weighted by molar-refractivity contribution is 7.09. The Morgan fingerprint density at radius 3 is 2.55 bits per heavy atom. The van der Waals surface area contributed by atoms with Gasteiger partial charge in [-0.25, -0.2) is 4.98 Å². The van der Waals surface area contributed by atoms with E-state index in [4.69, 9.17) is 0 Å². The predicted octanol–water partition coefficient (Wildman–Crippen LogP) is 3.37. The molecule has 0 spiro atoms. The minimum atomic E-state index is -0.295. The highest BCUT2D eigenvalue weighted by Crippen LogP contribution is 2.20. The van der Waals surface area contributed by atoms with E-state index in [0.29, 0.717) is 5.69 Å². The van der Waals surface area contributed by atoms with E-state index in [-0.39, 0.29) is 11.9 Å². The van der Waals surface area contributed by atoms with Crippen LogP contribution < -0.4 is 5.32 Å². The molecule has 1 atom stereocenters. The third-order valence-electron chi connectivity index (χ3n) is 3.24. The normalized spacial score (nSPS) is 11.9. The summed E-state index contributed by atoms with van der Waals surface area (Å²) in [4.78, 5) is 21.0. The van der Waals surface area contributed by atoms with Crippen LogP contribution in [0.2, 0.25) is 0 Å². The Labute approximate surface area is 132 Å². The lowest BCUT2D eigenvalue weighted by Gasteiger charge is -2.18. The number of amides is 1. The first-order chi connectivity index (χ1) is 10.7. The first-order valence-electron chi connectivity index (χ1n) is 6.93. The van der Waals surface area contributed by atoms with Crippen molar-refractivity contribution in [2.75, 3.05) is 0 Å². The van der Waals surface area contributed by atoms with Crippen molar-refractivity contribution in [2.24, 2.45) is 0 Å². The van der Waals surface area contributed by atoms with E-state index in [1.807, 2.05) is 55.5 Å². The molecule has 4 nitrogen and oxygen atoms in total. The van der Waals surface area contributed by atoms with Crippen LogP contribution in [-0.2, 0) is 0 Å². The summed E-state index contributed by atoms with van der Waals surface area (Å²) in [5.41, 5.74) is 2.23. The van der Waals surface area contributed by atoms with Gasteiger partial charge in [0.25, 0.3) is 5.91 Å². The number of hydrogen-bond acceptors (Lipinski definition) is 4. The molecule has 2 heterocycles. The third-order valence-corrected chi connectivity index (χ3v) is 4.02. The summed E-state index contributed by atoms with van der Waals surface area (Å²) >= 11 is 1.46. The Bertz CT molecular complexity index is 716. The Morgan fingerprint density at radius 1 is 1.14 bits per heavy atom. The second-order valence-electron chi connectivity index (χ2n) is 4.82. The standard InChI is InChI=1S/C17H15N3OS/c1-12-19-15(11-22-12)17(21)20-16(13-7-3-2-4-8-13)14-9-5-6-10-18-14/h2-11,16H,1H3,(H,20,21). The van der Waals surface area contributed by atoms with Gasteiger partial charge >= 0.3 is 0 Å². The minimum Gasteiger partial charge on any atom is -0.338 e. The number of pyridine rings is 1. The van der Waals surface area contributed by atoms with Gasteiger partial charge in [-0.15, -0.1) is 11.3 Å². The van der Waals surface area contributed by atoms with Crippen molar-refractivity contribution < 1.29 is 4.79 Å². The molecule has 0 saturated carbocycles. The molecule has 1 N–H and O–H groups in total. The van der Waals surface area contributed by atoms with Gasteiger partial charge in [0.1, 0.15) is 5.69 Å². The topological polar surface area (TPSA) is 54.9 Å². The average Bonchev–Trinajstić information content (AvgIpc) is 3.01. The molecule has 0 aliphatic rings. The number of aromatic nitrogens is 2. The molecule has 0 fully saturated rings. The quantitative estimate of drug-likeness (QED) is 0.804. The molecule has 22 heavy (non-hydrogen) atoms. The molecule has 0 bridgehead atoms. The maximum Gasteiger partial charge on any atom is 0.271 e. The summed E-state index contributed by atoms with van der Waals surface area (Å²) in [5, 5.41) is 5.67. The molecule has 2 aromatic heterocycles. The van der Waals surface area contributed by atoms with Gasteiger partial charge in [0, 0.05) is 11.6 Å². The van der Waals surface area contributed by atoms with Gasteiger partial charge in [-0.3, -0.25) is 9.78 Å². The monoisotopic (exact) mass is 309 g/mol. The molecule has 1 amide bonds. The number of nitrogens with one attached hydrogen (secondary N) is 1. The van der Waals surface area contributed by atoms with Gasteiger partial charge in [0.15, 0.2) is 0 Å². The molecule has 0 saturated heterocycles. The van der Waals surface area contributed by atoms with Crippen LogP contribution in [0.3, 0.4) is 0 Å². The lowest BCUT2D eigenvalue weighted by Crippen LogP contribution is -2.30. The molecule has 5 heteroatoms. The molecular weight excluding hydrogens is 294 g/mol. The van der Waals surface area contributed by atoms with Crippen LogP contribution in [-0.4, -0.2) is 15.9 Å². The van der Waals surface area contributed by atoms with Crippen LogP contribution >= 0.6 is 11.3 Å². The van der Waals surface area contributed by atoms with E-state index in [9.17, 15) is 4.79 Å². The smallest absolute Gasteiger partial charge is 0.271 e. The molecule has 0 aliphatic heterocycles. The number of rotatable bonds is 4. The van der Waals surface area contributed by atoms with Crippen LogP contribution in [0.5, 0.6) is 0 Å². The molecule has 110 valence electrons. The van der Waals surface area contributed by atoms with Crippen LogP contribution in [0, 0.1) is 6.92 Å². The molecule has 3 aromatic rings. The summed E-state index contributed by atoms with van der Waals surface area (Å²) in [6.45, 7) is 1.88. The molecule has 1 aromatic carbocycles. The third kappa shape index (κ3) is 3.20. The number of nitrogens with zero attached hydrogens (tertiary/aromatic N) is 2. The van der Waals surface area contributed by atoms with Crippen molar-refractivity contribution in [3.63, 3.8) is 0 Å². The van der Waals surface area contributed by atoms with Crippen molar-refractivity contribution in [2.45, 2.75) is 13.0 Å². The molecular formula is C17H15N3OS. The van der Waals surface area contributed by atoms with Crippen molar-refractivity contribution >= 4 is 17.2 Å². The van der Waals surface area contributed by atoms with Crippen LogP contribution in [0.25, 0.3) is 0 Å². The SMILES string of the molecule is Cc1nc(C(=O)NC(c2ccccc2)c2ccccn2)cs1. The number of aryl methyl sites for hydroxylation is 1. The summed E-state index contributed by atoms with van der Waals surface area (Å²) in [7, 11) is 0. The first kappa shape index (κ1) is 14.4. The zero-order valence-electron chi connectivity index (χ0n) is 12.1. The lowest BCUT2D eigenvalue weighted by atomic mass is 10.0. The van der Waals surface area contributed by atoms with Gasteiger partial charge in [0.2, 0.25) is 0 Å². The maximum absolute atomic E-state index is 12.4. The van der Waals surface area contributed by atoms with Crippen molar-refractivity contribution in [3.8, 4) is 0 Å². The van der Waals surface area contributed by atoms with Crippen LogP contribution in [0.4, 0.5) is 0 Å². The number of carbonyl (C=O) groups is 1. The predicted molar refractivity (Wildman–Crippen MR) is 86.8 cm³/mol. The highest BCUT2D eigenvalue weighted by Gasteiger charge is 2.19. The molecule has 0 radical (unpaired) electrons. The van der Waals surface area contributed by atoms with Crippen LogP contribution in [0.1, 0.15) is 32.8 Å². The zero-order chi connectivity index (χ0) is 15.4. The minimum absolute atomic E-state index is 0.191. The lowest BCUT2D eigenvalue weighted by molar-refractivity contribution is 0.0938. The maximum atomic E-state index is 12.4. The largest absolute Gasteiger partial charge is 0.338 e. The summed E-state index contributed by atoms with van der Waals surface area (Å²) < 4.78 is 0. The fourth-order valence-electron chi connectivity index (χ4n) is 2.19. The highest BCUT2D eigenvalue weighted by atomic mass is 32.1. The van der Waals surface area contributed by atoms with Gasteiger partial charge in [-0.05, 0) is 24.6 Å². The number of carbonyl (C=O) groups excluding carboxylic acids is 1. The fourth-order valence-corrected chi connectivity index (χ4v) is 2.79. The van der Waals surface area contributed by atoms with E-state index < -0.39 is 0 Å². The Kier molecular flexibility index (Phi) is 4.25. The van der Waals surface area contributed by atoms with Crippen molar-refractivity contribution in [1.82, 2.24) is 15.3 Å². The van der Waals surface area contributed by atoms with Gasteiger partial charge < -0.3 is 5.32 Å². The Hall–Kier alpha value is -2.53. The summed E-state index contributed by atoms with van der Waals surface area (Å²) in [6, 6.07) is 15.2. The van der Waals surface area contributed by atoms with Gasteiger partial charge in [0.05, 0.1) is 16.7 Å². The summed E-state index contributed by atoms with van der Waals surface area (Å²) in [5.74, 6) is -0.191. The second kappa shape index (κ2) is 6.49. The Morgan fingerprint density at radius 2 is 1.91 bits per heavy atom.